The van der Waals surface area contributed by atoms with E-state index in [9.17, 15) is 4.79 Å². The van der Waals surface area contributed by atoms with Crippen molar-refractivity contribution in [2.75, 3.05) is 7.05 Å². The van der Waals surface area contributed by atoms with Crippen LogP contribution < -0.4 is 5.56 Å². The van der Waals surface area contributed by atoms with Gasteiger partial charge in [0.1, 0.15) is 10.7 Å². The van der Waals surface area contributed by atoms with Gasteiger partial charge in [0.2, 0.25) is 0 Å². The number of nitrogens with zero attached hydrogens (tertiary/aromatic N) is 2. The Labute approximate surface area is 166 Å². The molecule has 2 aromatic carbocycles. The highest BCUT2D eigenvalue weighted by atomic mass is 35.5. The van der Waals surface area contributed by atoms with E-state index < -0.39 is 0 Å². The average Bonchev–Trinajstić information content (AvgIpc) is 3.07. The average molecular weight is 396 g/mol. The normalized spacial score (nSPS) is 11.4. The first-order chi connectivity index (χ1) is 13.1. The number of fused-ring (bicyclic) bond motifs is 1. The third kappa shape index (κ3) is 3.81. The minimum Gasteiger partial charge on any atom is -0.309 e. The van der Waals surface area contributed by atoms with Crippen molar-refractivity contribution in [3.05, 3.63) is 86.7 Å². The van der Waals surface area contributed by atoms with Gasteiger partial charge in [0.25, 0.3) is 5.56 Å². The van der Waals surface area contributed by atoms with E-state index in [4.69, 9.17) is 11.6 Å². The van der Waals surface area contributed by atoms with Crippen LogP contribution in [-0.2, 0) is 13.1 Å². The monoisotopic (exact) mass is 395 g/mol. The summed E-state index contributed by atoms with van der Waals surface area (Å²) in [6.07, 6.45) is 0. The van der Waals surface area contributed by atoms with E-state index in [0.717, 1.165) is 22.5 Å². The van der Waals surface area contributed by atoms with Gasteiger partial charge in [-0.1, -0.05) is 60.1 Å². The number of hydrogen-bond donors (Lipinski definition) is 1. The summed E-state index contributed by atoms with van der Waals surface area (Å²) < 4.78 is 0. The first-order valence-electron chi connectivity index (χ1n) is 8.59. The smallest absolute Gasteiger partial charge is 0.260 e. The molecule has 136 valence electrons. The highest BCUT2D eigenvalue weighted by Crippen LogP contribution is 2.34. The molecule has 0 aliphatic heterocycles. The van der Waals surface area contributed by atoms with E-state index in [0.29, 0.717) is 22.8 Å². The number of H-pyrrole nitrogens is 1. The van der Waals surface area contributed by atoms with Crippen molar-refractivity contribution in [2.24, 2.45) is 0 Å². The van der Waals surface area contributed by atoms with Gasteiger partial charge in [-0.2, -0.15) is 0 Å². The fourth-order valence-electron chi connectivity index (χ4n) is 3.15. The van der Waals surface area contributed by atoms with E-state index >= 15 is 0 Å². The maximum Gasteiger partial charge on any atom is 0.260 e. The zero-order valence-corrected chi connectivity index (χ0v) is 16.3. The van der Waals surface area contributed by atoms with E-state index in [-0.39, 0.29) is 5.56 Å². The van der Waals surface area contributed by atoms with Crippen LogP contribution in [0.2, 0.25) is 5.02 Å². The van der Waals surface area contributed by atoms with Gasteiger partial charge < -0.3 is 4.98 Å². The van der Waals surface area contributed by atoms with Crippen molar-refractivity contribution in [3.63, 3.8) is 0 Å². The molecule has 0 bridgehead atoms. The fraction of sp³-hybridized carbons (Fsp3) is 0.143. The summed E-state index contributed by atoms with van der Waals surface area (Å²) in [7, 11) is 2.01. The van der Waals surface area contributed by atoms with Crippen LogP contribution in [0.5, 0.6) is 0 Å². The predicted molar refractivity (Wildman–Crippen MR) is 112 cm³/mol. The summed E-state index contributed by atoms with van der Waals surface area (Å²) >= 11 is 7.78. The molecular weight excluding hydrogens is 378 g/mol. The fourth-order valence-corrected chi connectivity index (χ4v) is 4.35. The second kappa shape index (κ2) is 7.64. The van der Waals surface area contributed by atoms with Crippen LogP contribution in [0.4, 0.5) is 0 Å². The molecule has 2 heterocycles. The number of thiophene rings is 1. The van der Waals surface area contributed by atoms with Crippen molar-refractivity contribution in [2.45, 2.75) is 13.1 Å². The molecule has 27 heavy (non-hydrogen) atoms. The molecule has 4 rings (SSSR count). The van der Waals surface area contributed by atoms with Crippen LogP contribution in [0.25, 0.3) is 21.3 Å². The molecular formula is C21H18ClN3OS. The van der Waals surface area contributed by atoms with Crippen LogP contribution in [0.3, 0.4) is 0 Å². The minimum absolute atomic E-state index is 0.126. The van der Waals surface area contributed by atoms with E-state index in [1.54, 1.807) is 0 Å². The SMILES string of the molecule is CN(Cc1ccccc1)Cc1nc2scc(-c3ccccc3Cl)c2c(=O)[nH]1. The highest BCUT2D eigenvalue weighted by molar-refractivity contribution is 7.17. The van der Waals surface area contributed by atoms with Crippen molar-refractivity contribution < 1.29 is 0 Å². The Morgan fingerprint density at radius 2 is 1.78 bits per heavy atom. The molecule has 0 fully saturated rings. The Morgan fingerprint density at radius 1 is 1.04 bits per heavy atom. The topological polar surface area (TPSA) is 49.0 Å². The third-order valence-corrected chi connectivity index (χ3v) is 5.57. The summed E-state index contributed by atoms with van der Waals surface area (Å²) in [6.45, 7) is 1.36. The number of rotatable bonds is 5. The summed E-state index contributed by atoms with van der Waals surface area (Å²) in [5, 5.41) is 3.18. The Morgan fingerprint density at radius 3 is 2.56 bits per heavy atom. The van der Waals surface area contributed by atoms with Gasteiger partial charge in [-0.05, 0) is 18.7 Å². The molecule has 0 saturated heterocycles. The molecule has 0 aliphatic rings. The van der Waals surface area contributed by atoms with Gasteiger partial charge in [-0.25, -0.2) is 4.98 Å². The van der Waals surface area contributed by atoms with Gasteiger partial charge >= 0.3 is 0 Å². The van der Waals surface area contributed by atoms with Crippen molar-refractivity contribution in [1.29, 1.82) is 0 Å². The van der Waals surface area contributed by atoms with Gasteiger partial charge in [0, 0.05) is 28.1 Å². The standard InChI is InChI=1S/C21H18ClN3OS/c1-25(11-14-7-3-2-4-8-14)12-18-23-20(26)19-16(13-27-21(19)24-18)15-9-5-6-10-17(15)22/h2-10,13H,11-12H2,1H3,(H,23,24,26). The van der Waals surface area contributed by atoms with Gasteiger partial charge in [0.15, 0.2) is 0 Å². The molecule has 0 saturated carbocycles. The first-order valence-corrected chi connectivity index (χ1v) is 9.85. The Bertz CT molecular complexity index is 1140. The van der Waals surface area contributed by atoms with Crippen molar-refractivity contribution in [3.8, 4) is 11.1 Å². The largest absolute Gasteiger partial charge is 0.309 e. The quantitative estimate of drug-likeness (QED) is 0.520. The number of halogens is 1. The molecule has 0 unspecified atom stereocenters. The lowest BCUT2D eigenvalue weighted by Gasteiger charge is -2.16. The van der Waals surface area contributed by atoms with Crippen LogP contribution in [0.15, 0.2) is 64.8 Å². The second-order valence-electron chi connectivity index (χ2n) is 6.48. The number of aromatic nitrogens is 2. The van der Waals surface area contributed by atoms with Gasteiger partial charge in [0.05, 0.1) is 11.9 Å². The number of nitrogens with one attached hydrogen (secondary N) is 1. The second-order valence-corrected chi connectivity index (χ2v) is 7.75. The maximum atomic E-state index is 12.8. The molecule has 6 heteroatoms. The summed E-state index contributed by atoms with van der Waals surface area (Å²) in [6, 6.07) is 17.8. The zero-order valence-electron chi connectivity index (χ0n) is 14.8. The van der Waals surface area contributed by atoms with Crippen LogP contribution in [0.1, 0.15) is 11.4 Å². The maximum absolute atomic E-state index is 12.8. The first kappa shape index (κ1) is 17.9. The zero-order chi connectivity index (χ0) is 18.8. The Kier molecular flexibility index (Phi) is 5.07. The van der Waals surface area contributed by atoms with Crippen molar-refractivity contribution >= 4 is 33.2 Å². The van der Waals surface area contributed by atoms with E-state index in [1.165, 1.54) is 16.9 Å². The summed E-state index contributed by atoms with van der Waals surface area (Å²) in [5.41, 5.74) is 2.78. The molecule has 2 aromatic heterocycles. The lowest BCUT2D eigenvalue weighted by atomic mass is 10.1. The Balaban J connectivity index is 1.63. The molecule has 4 nitrogen and oxygen atoms in total. The van der Waals surface area contributed by atoms with Crippen LogP contribution in [-0.4, -0.2) is 21.9 Å². The van der Waals surface area contributed by atoms with Gasteiger partial charge in [-0.3, -0.25) is 9.69 Å². The predicted octanol–water partition coefficient (Wildman–Crippen LogP) is 4.94. The molecule has 0 atom stereocenters. The molecule has 0 spiro atoms. The number of hydrogen-bond acceptors (Lipinski definition) is 4. The Hall–Kier alpha value is -2.47. The molecule has 0 amide bonds. The molecule has 0 aliphatic carbocycles. The summed E-state index contributed by atoms with van der Waals surface area (Å²) in [4.78, 5) is 23.2. The minimum atomic E-state index is -0.126. The van der Waals surface area contributed by atoms with E-state index in [2.05, 4.69) is 27.0 Å². The third-order valence-electron chi connectivity index (χ3n) is 4.37. The number of benzene rings is 2. The molecule has 1 N–H and O–H groups in total. The van der Waals surface area contributed by atoms with Crippen LogP contribution >= 0.6 is 22.9 Å². The van der Waals surface area contributed by atoms with Crippen LogP contribution in [0, 0.1) is 0 Å². The summed E-state index contributed by atoms with van der Waals surface area (Å²) in [5.74, 6) is 0.665. The lowest BCUT2D eigenvalue weighted by Crippen LogP contribution is -2.21. The highest BCUT2D eigenvalue weighted by Gasteiger charge is 2.15. The van der Waals surface area contributed by atoms with E-state index in [1.807, 2.05) is 54.9 Å². The number of aromatic amines is 1. The van der Waals surface area contributed by atoms with Crippen molar-refractivity contribution in [1.82, 2.24) is 14.9 Å². The van der Waals surface area contributed by atoms with Gasteiger partial charge in [-0.15, -0.1) is 11.3 Å². The molecule has 0 radical (unpaired) electrons. The lowest BCUT2D eigenvalue weighted by molar-refractivity contribution is 0.311. The molecule has 4 aromatic rings.